The van der Waals surface area contributed by atoms with Crippen molar-refractivity contribution in [2.24, 2.45) is 10.2 Å². The zero-order chi connectivity index (χ0) is 31.2. The van der Waals surface area contributed by atoms with Gasteiger partial charge in [0, 0.05) is 0 Å². The molecule has 248 valence electrons. The van der Waals surface area contributed by atoms with Crippen molar-refractivity contribution in [2.75, 3.05) is 0 Å². The number of aryl methyl sites for hydroxylation is 2. The highest BCUT2D eigenvalue weighted by Gasteiger charge is 1.99. The van der Waals surface area contributed by atoms with Crippen molar-refractivity contribution in [3.8, 4) is 0 Å². The topological polar surface area (TPSA) is 24.7 Å². The van der Waals surface area contributed by atoms with E-state index in [1.54, 1.807) is 0 Å². The van der Waals surface area contributed by atoms with Crippen molar-refractivity contribution in [1.29, 1.82) is 0 Å². The molecule has 0 N–H and O–H groups in total. The summed E-state index contributed by atoms with van der Waals surface area (Å²) in [6.07, 6.45) is 39.0. The second kappa shape index (κ2) is 28.5. The maximum Gasteiger partial charge on any atom is 0.0857 e. The number of benzene rings is 2. The first-order valence-electron chi connectivity index (χ1n) is 19.4. The van der Waals surface area contributed by atoms with E-state index in [1.165, 1.54) is 191 Å². The minimum absolute atomic E-state index is 0.940. The van der Waals surface area contributed by atoms with Gasteiger partial charge in [0.15, 0.2) is 0 Å². The average molecular weight is 603 g/mol. The van der Waals surface area contributed by atoms with E-state index in [9.17, 15) is 0 Å². The van der Waals surface area contributed by atoms with E-state index in [-0.39, 0.29) is 0 Å². The molecule has 0 saturated carbocycles. The van der Waals surface area contributed by atoms with Gasteiger partial charge < -0.3 is 0 Å². The minimum atomic E-state index is 0.940. The van der Waals surface area contributed by atoms with Gasteiger partial charge in [-0.1, -0.05) is 192 Å². The van der Waals surface area contributed by atoms with Gasteiger partial charge in [-0.05, 0) is 61.1 Å². The average Bonchev–Trinajstić information content (AvgIpc) is 3.05. The van der Waals surface area contributed by atoms with Crippen LogP contribution < -0.4 is 0 Å². The predicted octanol–water partition coefficient (Wildman–Crippen LogP) is 15.4. The molecule has 0 unspecified atom stereocenters. The summed E-state index contributed by atoms with van der Waals surface area (Å²) in [5.74, 6) is 0. The first-order valence-corrected chi connectivity index (χ1v) is 19.4. The molecule has 0 heterocycles. The van der Waals surface area contributed by atoms with E-state index >= 15 is 0 Å². The first kappa shape index (κ1) is 38.2. The van der Waals surface area contributed by atoms with Crippen LogP contribution in [0.5, 0.6) is 0 Å². The lowest BCUT2D eigenvalue weighted by Crippen LogP contribution is -1.86. The Bertz CT molecular complexity index is 823. The molecule has 2 nitrogen and oxygen atoms in total. The molecule has 0 aliphatic heterocycles. The predicted molar refractivity (Wildman–Crippen MR) is 196 cm³/mol. The minimum Gasteiger partial charge on any atom is -0.151 e. The molecule has 0 fully saturated rings. The van der Waals surface area contributed by atoms with E-state index in [1.807, 2.05) is 0 Å². The van der Waals surface area contributed by atoms with Gasteiger partial charge in [-0.2, -0.15) is 10.2 Å². The fourth-order valence-electron chi connectivity index (χ4n) is 6.27. The molecule has 0 aromatic heterocycles. The van der Waals surface area contributed by atoms with Crippen LogP contribution in [0.15, 0.2) is 58.8 Å². The third kappa shape index (κ3) is 21.7. The van der Waals surface area contributed by atoms with Crippen molar-refractivity contribution < 1.29 is 0 Å². The van der Waals surface area contributed by atoms with E-state index in [0.717, 1.165) is 11.4 Å². The zero-order valence-electron chi connectivity index (χ0n) is 29.3. The summed E-state index contributed by atoms with van der Waals surface area (Å²) in [7, 11) is 0. The second-order valence-electron chi connectivity index (χ2n) is 13.5. The van der Waals surface area contributed by atoms with Crippen LogP contribution in [0.2, 0.25) is 0 Å². The van der Waals surface area contributed by atoms with Crippen LogP contribution in [0.4, 0.5) is 11.4 Å². The Morgan fingerprint density at radius 2 is 0.523 bits per heavy atom. The lowest BCUT2D eigenvalue weighted by molar-refractivity contribution is 0.539. The summed E-state index contributed by atoms with van der Waals surface area (Å²) < 4.78 is 0. The van der Waals surface area contributed by atoms with E-state index < -0.39 is 0 Å². The SMILES string of the molecule is CCCCCCCCCCCCCCCc1ccc(N=Nc2ccc(CCCCCCCCCCCCCCC)cc2)cc1. The third-order valence-electron chi connectivity index (χ3n) is 9.29. The van der Waals surface area contributed by atoms with Gasteiger partial charge in [-0.15, -0.1) is 0 Å². The summed E-state index contributed by atoms with van der Waals surface area (Å²) >= 11 is 0. The molecule has 0 atom stereocenters. The van der Waals surface area contributed by atoms with Crippen LogP contribution >= 0.6 is 0 Å². The highest BCUT2D eigenvalue weighted by molar-refractivity contribution is 5.42. The summed E-state index contributed by atoms with van der Waals surface area (Å²) in [6, 6.07) is 17.4. The van der Waals surface area contributed by atoms with Crippen LogP contribution in [-0.4, -0.2) is 0 Å². The largest absolute Gasteiger partial charge is 0.151 e. The molecule has 0 aliphatic rings. The number of azo groups is 1. The van der Waals surface area contributed by atoms with Crippen molar-refractivity contribution in [3.05, 3.63) is 59.7 Å². The van der Waals surface area contributed by atoms with Crippen LogP contribution in [0, 0.1) is 0 Å². The van der Waals surface area contributed by atoms with Crippen LogP contribution in [0.1, 0.15) is 192 Å². The zero-order valence-corrected chi connectivity index (χ0v) is 29.3. The monoisotopic (exact) mass is 603 g/mol. The molecule has 0 radical (unpaired) electrons. The van der Waals surface area contributed by atoms with Crippen LogP contribution in [-0.2, 0) is 12.8 Å². The highest BCUT2D eigenvalue weighted by Crippen LogP contribution is 2.21. The molecule has 2 rings (SSSR count). The first-order chi connectivity index (χ1) is 21.8. The molecular weight excluding hydrogens is 532 g/mol. The van der Waals surface area contributed by atoms with Crippen molar-refractivity contribution in [2.45, 2.75) is 194 Å². The lowest BCUT2D eigenvalue weighted by Gasteiger charge is -2.04. The Balaban J connectivity index is 1.45. The van der Waals surface area contributed by atoms with Gasteiger partial charge in [-0.3, -0.25) is 0 Å². The molecule has 0 bridgehead atoms. The summed E-state index contributed by atoms with van der Waals surface area (Å²) in [5.41, 5.74) is 4.72. The fraction of sp³-hybridized carbons (Fsp3) is 0.714. The second-order valence-corrected chi connectivity index (χ2v) is 13.5. The molecule has 2 heteroatoms. The normalized spacial score (nSPS) is 11.6. The molecule has 2 aromatic carbocycles. The molecule has 0 spiro atoms. The maximum atomic E-state index is 4.48. The standard InChI is InChI=1S/C42H70N2/c1-3-5-7-9-11-13-15-17-19-21-23-25-27-29-39-31-35-41(36-32-39)43-44-42-37-33-40(34-38-42)30-28-26-24-22-20-18-16-14-12-10-8-6-4-2/h31-38H,3-30H2,1-2H3. The van der Waals surface area contributed by atoms with E-state index in [2.05, 4.69) is 72.6 Å². The number of rotatable bonds is 30. The van der Waals surface area contributed by atoms with Gasteiger partial charge >= 0.3 is 0 Å². The summed E-state index contributed by atoms with van der Waals surface area (Å²) in [4.78, 5) is 0. The number of unbranched alkanes of at least 4 members (excludes halogenated alkanes) is 24. The van der Waals surface area contributed by atoms with Crippen molar-refractivity contribution in [1.82, 2.24) is 0 Å². The Morgan fingerprint density at radius 3 is 0.773 bits per heavy atom. The van der Waals surface area contributed by atoms with Gasteiger partial charge in [-0.25, -0.2) is 0 Å². The summed E-state index contributed by atoms with van der Waals surface area (Å²) in [6.45, 7) is 4.59. The summed E-state index contributed by atoms with van der Waals surface area (Å²) in [5, 5.41) is 8.96. The molecule has 2 aromatic rings. The third-order valence-corrected chi connectivity index (χ3v) is 9.29. The lowest BCUT2D eigenvalue weighted by atomic mass is 10.0. The number of hydrogen-bond acceptors (Lipinski definition) is 2. The van der Waals surface area contributed by atoms with Gasteiger partial charge in [0.2, 0.25) is 0 Å². The van der Waals surface area contributed by atoms with Crippen LogP contribution in [0.25, 0.3) is 0 Å². The Kier molecular flexibility index (Phi) is 24.8. The Hall–Kier alpha value is -1.96. The molecule has 0 aliphatic carbocycles. The van der Waals surface area contributed by atoms with E-state index in [0.29, 0.717) is 0 Å². The van der Waals surface area contributed by atoms with Crippen molar-refractivity contribution in [3.63, 3.8) is 0 Å². The van der Waals surface area contributed by atoms with Crippen molar-refractivity contribution >= 4 is 11.4 Å². The Labute approximate surface area is 274 Å². The Morgan fingerprint density at radius 1 is 0.295 bits per heavy atom. The van der Waals surface area contributed by atoms with E-state index in [4.69, 9.17) is 0 Å². The maximum absolute atomic E-state index is 4.48. The smallest absolute Gasteiger partial charge is 0.0857 e. The van der Waals surface area contributed by atoms with Gasteiger partial charge in [0.1, 0.15) is 0 Å². The molecule has 0 amide bonds. The van der Waals surface area contributed by atoms with Gasteiger partial charge in [0.05, 0.1) is 11.4 Å². The quantitative estimate of drug-likeness (QED) is 0.0627. The highest BCUT2D eigenvalue weighted by atomic mass is 15.1. The number of hydrogen-bond donors (Lipinski definition) is 0. The number of nitrogens with zero attached hydrogens (tertiary/aromatic N) is 2. The molecule has 44 heavy (non-hydrogen) atoms. The fourth-order valence-corrected chi connectivity index (χ4v) is 6.27. The molecular formula is C42H70N2. The van der Waals surface area contributed by atoms with Crippen LogP contribution in [0.3, 0.4) is 0 Å². The van der Waals surface area contributed by atoms with Gasteiger partial charge in [0.25, 0.3) is 0 Å². The molecule has 0 saturated heterocycles.